The van der Waals surface area contributed by atoms with Gasteiger partial charge in [0.25, 0.3) is 0 Å². The number of Topliss-reactive ketones (excluding diaryl/α,β-unsaturated/α-hetero) is 1. The number of benzene rings is 2. The summed E-state index contributed by atoms with van der Waals surface area (Å²) < 4.78 is 38.2. The number of carboxylic acids is 1. The average molecular weight is 339 g/mol. The van der Waals surface area contributed by atoms with E-state index in [2.05, 4.69) is 5.32 Å². The summed E-state index contributed by atoms with van der Waals surface area (Å²) in [4.78, 5) is 22.7. The second-order valence-corrected chi connectivity index (χ2v) is 4.85. The standard InChI is InChI=1S/C16H12F3NO4/c17-16(18,19)9-4-3-5-10(8-9)20-12-7-2-1-6-11(12)13(21)14(22)15(23)24/h1-8,14,20,22H,(H,23,24). The number of carbonyl (C=O) groups is 2. The molecule has 0 heterocycles. The molecule has 2 aromatic carbocycles. The quantitative estimate of drug-likeness (QED) is 0.576. The number of aliphatic carboxylic acids is 1. The van der Waals surface area contributed by atoms with E-state index in [1.165, 1.54) is 36.4 Å². The molecule has 8 heteroatoms. The number of carbonyl (C=O) groups excluding carboxylic acids is 1. The van der Waals surface area contributed by atoms with Gasteiger partial charge in [0.1, 0.15) is 0 Å². The second-order valence-electron chi connectivity index (χ2n) is 4.85. The highest BCUT2D eigenvalue weighted by molar-refractivity contribution is 6.13. The number of hydrogen-bond donors (Lipinski definition) is 3. The molecule has 0 aliphatic rings. The molecule has 0 amide bonds. The van der Waals surface area contributed by atoms with Gasteiger partial charge >= 0.3 is 12.1 Å². The van der Waals surface area contributed by atoms with Crippen LogP contribution in [0.3, 0.4) is 0 Å². The summed E-state index contributed by atoms with van der Waals surface area (Å²) in [6, 6.07) is 9.93. The van der Waals surface area contributed by atoms with Crippen LogP contribution in [0.4, 0.5) is 24.5 Å². The van der Waals surface area contributed by atoms with E-state index in [4.69, 9.17) is 5.11 Å². The van der Waals surface area contributed by atoms with Crippen molar-refractivity contribution < 1.29 is 33.0 Å². The molecule has 0 spiro atoms. The number of alkyl halides is 3. The second kappa shape index (κ2) is 6.71. The Labute approximate surface area is 134 Å². The number of aliphatic hydroxyl groups excluding tert-OH is 1. The fourth-order valence-corrected chi connectivity index (χ4v) is 2.00. The lowest BCUT2D eigenvalue weighted by atomic mass is 10.0. The highest BCUT2D eigenvalue weighted by atomic mass is 19.4. The van der Waals surface area contributed by atoms with Crippen molar-refractivity contribution in [3.8, 4) is 0 Å². The highest BCUT2D eigenvalue weighted by Gasteiger charge is 2.30. The van der Waals surface area contributed by atoms with Crippen LogP contribution >= 0.6 is 0 Å². The molecule has 0 radical (unpaired) electrons. The van der Waals surface area contributed by atoms with Crippen LogP contribution < -0.4 is 5.32 Å². The minimum absolute atomic E-state index is 0.0647. The first-order valence-electron chi connectivity index (χ1n) is 6.68. The van der Waals surface area contributed by atoms with Gasteiger partial charge in [-0.3, -0.25) is 4.79 Å². The van der Waals surface area contributed by atoms with Gasteiger partial charge in [-0.2, -0.15) is 13.2 Å². The number of para-hydroxylation sites is 1. The number of hydrogen-bond acceptors (Lipinski definition) is 4. The molecule has 0 aliphatic heterocycles. The first-order valence-corrected chi connectivity index (χ1v) is 6.68. The van der Waals surface area contributed by atoms with E-state index in [1.807, 2.05) is 0 Å². The van der Waals surface area contributed by atoms with Gasteiger partial charge < -0.3 is 15.5 Å². The third-order valence-corrected chi connectivity index (χ3v) is 3.14. The number of ketones is 1. The van der Waals surface area contributed by atoms with E-state index < -0.39 is 29.6 Å². The highest BCUT2D eigenvalue weighted by Crippen LogP contribution is 2.32. The van der Waals surface area contributed by atoms with E-state index in [0.29, 0.717) is 0 Å². The lowest BCUT2D eigenvalue weighted by Gasteiger charge is -2.14. The molecule has 1 atom stereocenters. The Balaban J connectivity index is 2.35. The van der Waals surface area contributed by atoms with E-state index in [9.17, 15) is 27.9 Å². The molecule has 0 saturated heterocycles. The Hall–Kier alpha value is -2.87. The molecule has 0 saturated carbocycles. The minimum atomic E-state index is -4.52. The molecule has 0 aromatic heterocycles. The third kappa shape index (κ3) is 3.90. The zero-order chi connectivity index (χ0) is 17.9. The predicted octanol–water partition coefficient (Wildman–Crippen LogP) is 3.08. The Morgan fingerprint density at radius 1 is 1.04 bits per heavy atom. The topological polar surface area (TPSA) is 86.6 Å². The van der Waals surface area contributed by atoms with Crippen molar-refractivity contribution >= 4 is 23.1 Å². The number of rotatable bonds is 5. The lowest BCUT2D eigenvalue weighted by molar-refractivity contribution is -0.144. The smallest absolute Gasteiger partial charge is 0.416 e. The molecule has 126 valence electrons. The van der Waals surface area contributed by atoms with Crippen molar-refractivity contribution in [2.45, 2.75) is 12.3 Å². The van der Waals surface area contributed by atoms with Gasteiger partial charge in [-0.05, 0) is 30.3 Å². The maximum absolute atomic E-state index is 12.7. The van der Waals surface area contributed by atoms with E-state index in [-0.39, 0.29) is 16.9 Å². The van der Waals surface area contributed by atoms with Crippen LogP contribution in [0.1, 0.15) is 15.9 Å². The zero-order valence-corrected chi connectivity index (χ0v) is 12.0. The van der Waals surface area contributed by atoms with Crippen LogP contribution in [0.2, 0.25) is 0 Å². The normalized spacial score (nSPS) is 12.5. The summed E-state index contributed by atoms with van der Waals surface area (Å²) in [5.74, 6) is -2.79. The maximum Gasteiger partial charge on any atom is 0.416 e. The SMILES string of the molecule is O=C(O)C(O)C(=O)c1ccccc1Nc1cccc(C(F)(F)F)c1. The van der Waals surface area contributed by atoms with Gasteiger partial charge in [-0.25, -0.2) is 4.79 Å². The van der Waals surface area contributed by atoms with Gasteiger partial charge in [0, 0.05) is 16.9 Å². The number of nitrogens with one attached hydrogen (secondary N) is 1. The summed E-state index contributed by atoms with van der Waals surface area (Å²) in [6.07, 6.45) is -6.78. The largest absolute Gasteiger partial charge is 0.479 e. The summed E-state index contributed by atoms with van der Waals surface area (Å²) in [5, 5.41) is 20.7. The number of carboxylic acid groups (broad SMARTS) is 1. The predicted molar refractivity (Wildman–Crippen MR) is 79.1 cm³/mol. The summed E-state index contributed by atoms with van der Waals surface area (Å²) in [7, 11) is 0. The first kappa shape index (κ1) is 17.5. The van der Waals surface area contributed by atoms with E-state index in [1.54, 1.807) is 0 Å². The van der Waals surface area contributed by atoms with Gasteiger partial charge in [-0.15, -0.1) is 0 Å². The monoisotopic (exact) mass is 339 g/mol. The van der Waals surface area contributed by atoms with Crippen molar-refractivity contribution in [1.29, 1.82) is 0 Å². The molecule has 0 fully saturated rings. The van der Waals surface area contributed by atoms with Crippen LogP contribution in [0.15, 0.2) is 48.5 Å². The Bertz CT molecular complexity index is 774. The Morgan fingerprint density at radius 3 is 2.33 bits per heavy atom. The van der Waals surface area contributed by atoms with E-state index in [0.717, 1.165) is 12.1 Å². The molecule has 24 heavy (non-hydrogen) atoms. The molecule has 0 bridgehead atoms. The van der Waals surface area contributed by atoms with Crippen LogP contribution in [0.5, 0.6) is 0 Å². The molecule has 2 rings (SSSR count). The van der Waals surface area contributed by atoms with Crippen molar-refractivity contribution in [3.05, 3.63) is 59.7 Å². The number of aliphatic hydroxyl groups is 1. The van der Waals surface area contributed by atoms with Gasteiger partial charge in [0.05, 0.1) is 5.56 Å². The summed E-state index contributed by atoms with van der Waals surface area (Å²) in [6.45, 7) is 0. The fraction of sp³-hybridized carbons (Fsp3) is 0.125. The minimum Gasteiger partial charge on any atom is -0.479 e. The maximum atomic E-state index is 12.7. The molecule has 1 unspecified atom stereocenters. The number of anilines is 2. The van der Waals surface area contributed by atoms with Crippen LogP contribution in [-0.4, -0.2) is 28.1 Å². The van der Waals surface area contributed by atoms with Crippen molar-refractivity contribution in [2.24, 2.45) is 0 Å². The van der Waals surface area contributed by atoms with Crippen molar-refractivity contribution in [3.63, 3.8) is 0 Å². The van der Waals surface area contributed by atoms with Crippen molar-refractivity contribution in [2.75, 3.05) is 5.32 Å². The van der Waals surface area contributed by atoms with E-state index >= 15 is 0 Å². The Morgan fingerprint density at radius 2 is 1.71 bits per heavy atom. The van der Waals surface area contributed by atoms with Gasteiger partial charge in [0.2, 0.25) is 11.9 Å². The van der Waals surface area contributed by atoms with Gasteiger partial charge in [-0.1, -0.05) is 18.2 Å². The van der Waals surface area contributed by atoms with Gasteiger partial charge in [0.15, 0.2) is 0 Å². The summed E-state index contributed by atoms with van der Waals surface area (Å²) in [5.41, 5.74) is -0.872. The van der Waals surface area contributed by atoms with Crippen molar-refractivity contribution in [1.82, 2.24) is 0 Å². The molecular weight excluding hydrogens is 327 g/mol. The van der Waals surface area contributed by atoms with Crippen LogP contribution in [-0.2, 0) is 11.0 Å². The molecule has 5 nitrogen and oxygen atoms in total. The zero-order valence-electron chi connectivity index (χ0n) is 12.0. The molecule has 2 aromatic rings. The lowest BCUT2D eigenvalue weighted by Crippen LogP contribution is -2.30. The Kier molecular flexibility index (Phi) is 4.89. The fourth-order valence-electron chi connectivity index (χ4n) is 2.00. The average Bonchev–Trinajstić information content (AvgIpc) is 2.53. The van der Waals surface area contributed by atoms with Crippen LogP contribution in [0.25, 0.3) is 0 Å². The third-order valence-electron chi connectivity index (χ3n) is 3.14. The number of halogens is 3. The molecular formula is C16H12F3NO4. The molecule has 3 N–H and O–H groups in total. The first-order chi connectivity index (χ1) is 11.2. The van der Waals surface area contributed by atoms with Crippen LogP contribution in [0, 0.1) is 0 Å². The molecule has 0 aliphatic carbocycles. The summed E-state index contributed by atoms with van der Waals surface area (Å²) >= 11 is 0.